The molecular formula is C15H14N4O2. The van der Waals surface area contributed by atoms with E-state index in [1.54, 1.807) is 10.6 Å². The first-order valence-corrected chi connectivity index (χ1v) is 6.39. The molecule has 0 saturated carbocycles. The van der Waals surface area contributed by atoms with E-state index in [1.165, 1.54) is 13.4 Å². The lowest BCUT2D eigenvalue weighted by Crippen LogP contribution is -2.14. The number of aryl methyl sites for hydroxylation is 1. The summed E-state index contributed by atoms with van der Waals surface area (Å²) in [6, 6.07) is 9.58. The molecule has 6 nitrogen and oxygen atoms in total. The van der Waals surface area contributed by atoms with Crippen LogP contribution in [-0.2, 0) is 0 Å². The molecule has 2 heterocycles. The maximum atomic E-state index is 11.7. The van der Waals surface area contributed by atoms with Gasteiger partial charge in [-0.3, -0.25) is 4.79 Å². The topological polar surface area (TPSA) is 82.5 Å². The number of nitrogens with two attached hydrogens (primary N) is 1. The summed E-state index contributed by atoms with van der Waals surface area (Å²) in [4.78, 5) is 15.8. The Balaban J connectivity index is 2.35. The van der Waals surface area contributed by atoms with Crippen molar-refractivity contribution in [3.05, 3.63) is 47.8 Å². The van der Waals surface area contributed by atoms with Crippen LogP contribution in [0, 0.1) is 6.92 Å². The molecule has 6 heteroatoms. The number of ether oxygens (including phenoxy) is 1. The van der Waals surface area contributed by atoms with Crippen LogP contribution in [0.2, 0.25) is 0 Å². The van der Waals surface area contributed by atoms with Crippen LogP contribution in [0.1, 0.15) is 15.9 Å². The van der Waals surface area contributed by atoms with E-state index in [9.17, 15) is 4.79 Å². The Labute approximate surface area is 121 Å². The van der Waals surface area contributed by atoms with Crippen molar-refractivity contribution >= 4 is 11.6 Å². The van der Waals surface area contributed by atoms with E-state index in [1.807, 2.05) is 31.2 Å². The summed E-state index contributed by atoms with van der Waals surface area (Å²) in [6.45, 7) is 2.01. The summed E-state index contributed by atoms with van der Waals surface area (Å²) in [7, 11) is 1.47. The quantitative estimate of drug-likeness (QED) is 0.794. The number of hydrogen-bond donors (Lipinski definition) is 1. The smallest absolute Gasteiger partial charge is 0.252 e. The van der Waals surface area contributed by atoms with Crippen molar-refractivity contribution in [2.24, 2.45) is 5.73 Å². The number of aromatic nitrogens is 3. The predicted octanol–water partition coefficient (Wildman–Crippen LogP) is 1.81. The fourth-order valence-electron chi connectivity index (χ4n) is 2.27. The van der Waals surface area contributed by atoms with Gasteiger partial charge in [-0.15, -0.1) is 0 Å². The van der Waals surface area contributed by atoms with Gasteiger partial charge in [0.05, 0.1) is 18.4 Å². The first kappa shape index (κ1) is 13.1. The molecule has 3 aromatic rings. The molecule has 0 radical (unpaired) electrons. The molecule has 1 amide bonds. The second-order valence-corrected chi connectivity index (χ2v) is 4.70. The van der Waals surface area contributed by atoms with Crippen molar-refractivity contribution in [2.75, 3.05) is 7.11 Å². The average molecular weight is 282 g/mol. The molecule has 0 fully saturated rings. The summed E-state index contributed by atoms with van der Waals surface area (Å²) in [5.41, 5.74) is 8.99. The Morgan fingerprint density at radius 2 is 2.00 bits per heavy atom. The van der Waals surface area contributed by atoms with Crippen LogP contribution >= 0.6 is 0 Å². The number of fused-ring (bicyclic) bond motifs is 1. The van der Waals surface area contributed by atoms with Gasteiger partial charge in [0.1, 0.15) is 6.33 Å². The van der Waals surface area contributed by atoms with Gasteiger partial charge in [-0.2, -0.15) is 5.10 Å². The Morgan fingerprint density at radius 1 is 1.29 bits per heavy atom. The van der Waals surface area contributed by atoms with E-state index in [0.717, 1.165) is 16.8 Å². The van der Waals surface area contributed by atoms with Crippen LogP contribution in [0.25, 0.3) is 16.9 Å². The van der Waals surface area contributed by atoms with Crippen molar-refractivity contribution < 1.29 is 9.53 Å². The SMILES string of the molecule is COc1c(C(N)=O)cc(-c2ccc(C)cc2)n2ncnc12. The molecule has 2 N–H and O–H groups in total. The van der Waals surface area contributed by atoms with E-state index in [2.05, 4.69) is 10.1 Å². The van der Waals surface area contributed by atoms with Crippen LogP contribution in [-0.4, -0.2) is 27.6 Å². The number of nitrogens with zero attached hydrogens (tertiary/aromatic N) is 3. The summed E-state index contributed by atoms with van der Waals surface area (Å²) in [6.07, 6.45) is 1.42. The van der Waals surface area contributed by atoms with Gasteiger partial charge in [0.15, 0.2) is 11.4 Å². The monoisotopic (exact) mass is 282 g/mol. The van der Waals surface area contributed by atoms with Crippen LogP contribution < -0.4 is 10.5 Å². The molecule has 2 aromatic heterocycles. The molecule has 0 spiro atoms. The van der Waals surface area contributed by atoms with E-state index in [0.29, 0.717) is 11.4 Å². The number of rotatable bonds is 3. The zero-order valence-corrected chi connectivity index (χ0v) is 11.7. The van der Waals surface area contributed by atoms with Crippen molar-refractivity contribution in [2.45, 2.75) is 6.92 Å². The second-order valence-electron chi connectivity index (χ2n) is 4.70. The third-order valence-corrected chi connectivity index (χ3v) is 3.32. The number of primary amides is 1. The Hall–Kier alpha value is -2.89. The minimum absolute atomic E-state index is 0.286. The molecule has 0 aliphatic rings. The summed E-state index contributed by atoms with van der Waals surface area (Å²) in [5.74, 6) is -0.235. The van der Waals surface area contributed by atoms with Crippen LogP contribution in [0.5, 0.6) is 5.75 Å². The average Bonchev–Trinajstić information content (AvgIpc) is 2.95. The Kier molecular flexibility index (Phi) is 3.06. The van der Waals surface area contributed by atoms with Crippen molar-refractivity contribution in [3.8, 4) is 17.0 Å². The molecular weight excluding hydrogens is 268 g/mol. The minimum Gasteiger partial charge on any atom is -0.492 e. The van der Waals surface area contributed by atoms with Crippen molar-refractivity contribution in [3.63, 3.8) is 0 Å². The number of methoxy groups -OCH3 is 1. The van der Waals surface area contributed by atoms with Gasteiger partial charge < -0.3 is 10.5 Å². The molecule has 0 saturated heterocycles. The molecule has 3 rings (SSSR count). The Morgan fingerprint density at radius 3 is 2.62 bits per heavy atom. The van der Waals surface area contributed by atoms with Gasteiger partial charge in [0.2, 0.25) is 0 Å². The maximum Gasteiger partial charge on any atom is 0.252 e. The molecule has 0 unspecified atom stereocenters. The predicted molar refractivity (Wildman–Crippen MR) is 78.2 cm³/mol. The number of benzene rings is 1. The van der Waals surface area contributed by atoms with Gasteiger partial charge in [-0.1, -0.05) is 29.8 Å². The van der Waals surface area contributed by atoms with E-state index >= 15 is 0 Å². The third kappa shape index (κ3) is 2.10. The molecule has 0 bridgehead atoms. The van der Waals surface area contributed by atoms with Crippen molar-refractivity contribution in [1.29, 1.82) is 0 Å². The zero-order valence-electron chi connectivity index (χ0n) is 11.7. The summed E-state index contributed by atoms with van der Waals surface area (Å²) >= 11 is 0. The zero-order chi connectivity index (χ0) is 15.0. The fourth-order valence-corrected chi connectivity index (χ4v) is 2.27. The molecule has 0 aliphatic carbocycles. The van der Waals surface area contributed by atoms with Crippen LogP contribution in [0.15, 0.2) is 36.7 Å². The summed E-state index contributed by atoms with van der Waals surface area (Å²) < 4.78 is 6.90. The number of carbonyl (C=O) groups is 1. The van der Waals surface area contributed by atoms with Gasteiger partial charge in [0.25, 0.3) is 5.91 Å². The number of pyridine rings is 1. The molecule has 0 aliphatic heterocycles. The van der Waals surface area contributed by atoms with Gasteiger partial charge in [0, 0.05) is 5.56 Å². The standard InChI is InChI=1S/C15H14N4O2/c1-9-3-5-10(6-4-9)12-7-11(14(16)20)13(21-2)15-17-8-18-19(12)15/h3-8H,1-2H3,(H2,16,20). The highest BCUT2D eigenvalue weighted by Crippen LogP contribution is 2.29. The Bertz CT molecular complexity index is 822. The summed E-state index contributed by atoms with van der Waals surface area (Å²) in [5, 5.41) is 4.20. The molecule has 1 aromatic carbocycles. The fraction of sp³-hybridized carbons (Fsp3) is 0.133. The molecule has 21 heavy (non-hydrogen) atoms. The number of hydrogen-bond acceptors (Lipinski definition) is 4. The van der Waals surface area contributed by atoms with Crippen molar-refractivity contribution in [1.82, 2.24) is 14.6 Å². The normalized spacial score (nSPS) is 10.8. The lowest BCUT2D eigenvalue weighted by atomic mass is 10.1. The van der Waals surface area contributed by atoms with Gasteiger partial charge in [-0.05, 0) is 13.0 Å². The molecule has 0 atom stereocenters. The first-order valence-electron chi connectivity index (χ1n) is 6.39. The van der Waals surface area contributed by atoms with E-state index in [-0.39, 0.29) is 5.56 Å². The van der Waals surface area contributed by atoms with E-state index < -0.39 is 5.91 Å². The highest BCUT2D eigenvalue weighted by molar-refractivity contribution is 5.99. The van der Waals surface area contributed by atoms with Crippen LogP contribution in [0.3, 0.4) is 0 Å². The third-order valence-electron chi connectivity index (χ3n) is 3.32. The largest absolute Gasteiger partial charge is 0.492 e. The van der Waals surface area contributed by atoms with Crippen LogP contribution in [0.4, 0.5) is 0 Å². The number of carbonyl (C=O) groups excluding carboxylic acids is 1. The second kappa shape index (κ2) is 4.90. The molecule has 106 valence electrons. The maximum absolute atomic E-state index is 11.7. The lowest BCUT2D eigenvalue weighted by molar-refractivity contribution is 0.0997. The van der Waals surface area contributed by atoms with E-state index in [4.69, 9.17) is 10.5 Å². The lowest BCUT2D eigenvalue weighted by Gasteiger charge is -2.11. The highest BCUT2D eigenvalue weighted by Gasteiger charge is 2.19. The number of amides is 1. The first-order chi connectivity index (χ1) is 10.1. The van der Waals surface area contributed by atoms with Gasteiger partial charge >= 0.3 is 0 Å². The highest BCUT2D eigenvalue weighted by atomic mass is 16.5. The minimum atomic E-state index is -0.564. The van der Waals surface area contributed by atoms with Gasteiger partial charge in [-0.25, -0.2) is 9.50 Å².